The molecule has 0 atom stereocenters. The molecule has 0 bridgehead atoms. The molecule has 0 spiro atoms. The van der Waals surface area contributed by atoms with Crippen LogP contribution in [0.2, 0.25) is 0 Å². The Hall–Kier alpha value is -1.66. The van der Waals surface area contributed by atoms with Gasteiger partial charge in [-0.2, -0.15) is 0 Å². The predicted molar refractivity (Wildman–Crippen MR) is 53.6 cm³/mol. The first kappa shape index (κ1) is 11.4. The molecule has 1 aromatic rings. The molecule has 2 N–H and O–H groups in total. The zero-order valence-electron chi connectivity index (χ0n) is 7.71. The van der Waals surface area contributed by atoms with Gasteiger partial charge in [-0.1, -0.05) is 18.7 Å². The SMILES string of the molecule is C=CC(=O)Oc1ccccc1S(N)(=O)=O. The van der Waals surface area contributed by atoms with E-state index in [9.17, 15) is 13.2 Å². The van der Waals surface area contributed by atoms with Crippen molar-refractivity contribution in [3.63, 3.8) is 0 Å². The van der Waals surface area contributed by atoms with Crippen LogP contribution in [0.4, 0.5) is 0 Å². The Bertz CT molecular complexity index is 493. The summed E-state index contributed by atoms with van der Waals surface area (Å²) in [6, 6.07) is 5.59. The molecule has 5 nitrogen and oxygen atoms in total. The summed E-state index contributed by atoms with van der Waals surface area (Å²) in [6.45, 7) is 3.19. The van der Waals surface area contributed by atoms with Gasteiger partial charge in [0.25, 0.3) is 0 Å². The lowest BCUT2D eigenvalue weighted by Crippen LogP contribution is -2.15. The van der Waals surface area contributed by atoms with Gasteiger partial charge < -0.3 is 4.74 Å². The van der Waals surface area contributed by atoms with Crippen molar-refractivity contribution in [2.24, 2.45) is 5.14 Å². The zero-order valence-corrected chi connectivity index (χ0v) is 8.53. The van der Waals surface area contributed by atoms with Gasteiger partial charge in [0.2, 0.25) is 10.0 Å². The van der Waals surface area contributed by atoms with Crippen molar-refractivity contribution in [2.45, 2.75) is 4.90 Å². The number of para-hydroxylation sites is 1. The normalized spacial score (nSPS) is 10.7. The monoisotopic (exact) mass is 227 g/mol. The van der Waals surface area contributed by atoms with Crippen molar-refractivity contribution in [3.8, 4) is 5.75 Å². The van der Waals surface area contributed by atoms with Crippen LogP contribution in [0.15, 0.2) is 41.8 Å². The third kappa shape index (κ3) is 2.90. The van der Waals surface area contributed by atoms with Crippen LogP contribution in [-0.4, -0.2) is 14.4 Å². The maximum absolute atomic E-state index is 11.1. The fourth-order valence-corrected chi connectivity index (χ4v) is 1.58. The lowest BCUT2D eigenvalue weighted by molar-refractivity contribution is -0.129. The molecule has 0 fully saturated rings. The van der Waals surface area contributed by atoms with E-state index in [1.165, 1.54) is 24.3 Å². The molecule has 1 rings (SSSR count). The van der Waals surface area contributed by atoms with Gasteiger partial charge in [-0.25, -0.2) is 18.4 Å². The number of rotatable bonds is 3. The van der Waals surface area contributed by atoms with Crippen LogP contribution in [0.1, 0.15) is 0 Å². The Morgan fingerprint density at radius 2 is 2.00 bits per heavy atom. The second kappa shape index (κ2) is 4.24. The molecule has 80 valence electrons. The number of carbonyl (C=O) groups is 1. The van der Waals surface area contributed by atoms with E-state index in [4.69, 9.17) is 9.88 Å². The average Bonchev–Trinajstić information content (AvgIpc) is 2.17. The van der Waals surface area contributed by atoms with E-state index < -0.39 is 16.0 Å². The summed E-state index contributed by atoms with van der Waals surface area (Å²) in [5.41, 5.74) is 0. The van der Waals surface area contributed by atoms with Crippen LogP contribution in [0, 0.1) is 0 Å². The van der Waals surface area contributed by atoms with Gasteiger partial charge in [0.1, 0.15) is 4.90 Å². The standard InChI is InChI=1S/C9H9NO4S/c1-2-9(11)14-7-5-3-4-6-8(7)15(10,12)13/h2-6H,1H2,(H2,10,12,13). The molecule has 6 heteroatoms. The molecular formula is C9H9NO4S. The van der Waals surface area contributed by atoms with Gasteiger partial charge in [-0.3, -0.25) is 0 Å². The van der Waals surface area contributed by atoms with Crippen molar-refractivity contribution >= 4 is 16.0 Å². The first-order chi connectivity index (χ1) is 6.95. The Morgan fingerprint density at radius 1 is 1.40 bits per heavy atom. The van der Waals surface area contributed by atoms with Crippen LogP contribution in [0.5, 0.6) is 5.75 Å². The maximum Gasteiger partial charge on any atom is 0.335 e. The number of carbonyl (C=O) groups excluding carboxylic acids is 1. The van der Waals surface area contributed by atoms with Crippen molar-refractivity contribution in [3.05, 3.63) is 36.9 Å². The molecule has 0 saturated carbocycles. The van der Waals surface area contributed by atoms with Gasteiger partial charge >= 0.3 is 5.97 Å². The molecule has 0 aromatic heterocycles. The minimum absolute atomic E-state index is 0.107. The van der Waals surface area contributed by atoms with Gasteiger partial charge in [0, 0.05) is 6.08 Å². The van der Waals surface area contributed by atoms with Crippen LogP contribution in [-0.2, 0) is 14.8 Å². The van der Waals surface area contributed by atoms with Gasteiger partial charge in [-0.05, 0) is 12.1 Å². The second-order valence-electron chi connectivity index (χ2n) is 2.62. The largest absolute Gasteiger partial charge is 0.422 e. The Labute approximate surface area is 87.2 Å². The van der Waals surface area contributed by atoms with E-state index in [1.807, 2.05) is 0 Å². The number of hydrogen-bond donors (Lipinski definition) is 1. The molecule has 0 amide bonds. The van der Waals surface area contributed by atoms with Crippen molar-refractivity contribution < 1.29 is 17.9 Å². The Morgan fingerprint density at radius 3 is 2.53 bits per heavy atom. The molecule has 0 heterocycles. The quantitative estimate of drug-likeness (QED) is 0.460. The highest BCUT2D eigenvalue weighted by Gasteiger charge is 2.15. The van der Waals surface area contributed by atoms with Crippen LogP contribution in [0.25, 0.3) is 0 Å². The third-order valence-corrected chi connectivity index (χ3v) is 2.48. The topological polar surface area (TPSA) is 86.5 Å². The fourth-order valence-electron chi connectivity index (χ4n) is 0.920. The summed E-state index contributed by atoms with van der Waals surface area (Å²) in [5, 5.41) is 4.93. The first-order valence-corrected chi connectivity index (χ1v) is 5.46. The van der Waals surface area contributed by atoms with E-state index in [-0.39, 0.29) is 10.6 Å². The van der Waals surface area contributed by atoms with E-state index in [0.717, 1.165) is 6.08 Å². The van der Waals surface area contributed by atoms with E-state index in [1.54, 1.807) is 0 Å². The maximum atomic E-state index is 11.1. The summed E-state index contributed by atoms with van der Waals surface area (Å²) in [6.07, 6.45) is 0.930. The summed E-state index contributed by atoms with van der Waals surface area (Å²) in [5.74, 6) is -0.851. The number of nitrogens with two attached hydrogens (primary N) is 1. The number of sulfonamides is 1. The highest BCUT2D eigenvalue weighted by molar-refractivity contribution is 7.89. The Balaban J connectivity index is 3.19. The summed E-state index contributed by atoms with van der Waals surface area (Å²) >= 11 is 0. The molecular weight excluding hydrogens is 218 g/mol. The van der Waals surface area contributed by atoms with Gasteiger partial charge in [-0.15, -0.1) is 0 Å². The second-order valence-corrected chi connectivity index (χ2v) is 4.15. The molecule has 0 aliphatic carbocycles. The summed E-state index contributed by atoms with van der Waals surface area (Å²) in [7, 11) is -3.90. The minimum atomic E-state index is -3.90. The molecule has 0 radical (unpaired) electrons. The zero-order chi connectivity index (χ0) is 11.5. The van der Waals surface area contributed by atoms with E-state index >= 15 is 0 Å². The number of ether oxygens (including phenoxy) is 1. The number of esters is 1. The lowest BCUT2D eigenvalue weighted by atomic mass is 10.3. The number of primary sulfonamides is 1. The molecule has 15 heavy (non-hydrogen) atoms. The van der Waals surface area contributed by atoms with Crippen LogP contribution in [0.3, 0.4) is 0 Å². The third-order valence-electron chi connectivity index (χ3n) is 1.53. The van der Waals surface area contributed by atoms with E-state index in [0.29, 0.717) is 0 Å². The molecule has 0 aliphatic rings. The smallest absolute Gasteiger partial charge is 0.335 e. The lowest BCUT2D eigenvalue weighted by Gasteiger charge is -2.05. The number of benzene rings is 1. The highest BCUT2D eigenvalue weighted by Crippen LogP contribution is 2.21. The van der Waals surface area contributed by atoms with Crippen molar-refractivity contribution in [2.75, 3.05) is 0 Å². The summed E-state index contributed by atoms with van der Waals surface area (Å²) < 4.78 is 26.9. The summed E-state index contributed by atoms with van der Waals surface area (Å²) in [4.78, 5) is 10.6. The predicted octanol–water partition coefficient (Wildman–Crippen LogP) is 0.425. The Kier molecular flexibility index (Phi) is 3.23. The first-order valence-electron chi connectivity index (χ1n) is 3.91. The van der Waals surface area contributed by atoms with Gasteiger partial charge in [0.15, 0.2) is 5.75 Å². The molecule has 0 aliphatic heterocycles. The minimum Gasteiger partial charge on any atom is -0.422 e. The van der Waals surface area contributed by atoms with Crippen LogP contribution >= 0.6 is 0 Å². The molecule has 1 aromatic carbocycles. The highest BCUT2D eigenvalue weighted by atomic mass is 32.2. The molecule has 0 unspecified atom stereocenters. The van der Waals surface area contributed by atoms with Crippen LogP contribution < -0.4 is 9.88 Å². The number of hydrogen-bond acceptors (Lipinski definition) is 4. The average molecular weight is 227 g/mol. The van der Waals surface area contributed by atoms with Crippen molar-refractivity contribution in [1.82, 2.24) is 0 Å². The molecule has 0 saturated heterocycles. The van der Waals surface area contributed by atoms with Gasteiger partial charge in [0.05, 0.1) is 0 Å². The fraction of sp³-hybridized carbons (Fsp3) is 0. The van der Waals surface area contributed by atoms with E-state index in [2.05, 4.69) is 6.58 Å². The van der Waals surface area contributed by atoms with Crippen molar-refractivity contribution in [1.29, 1.82) is 0 Å².